The Labute approximate surface area is 185 Å². The average molecular weight is 455 g/mol. The molecule has 0 saturated carbocycles. The number of nitrogens with zero attached hydrogens (tertiary/aromatic N) is 4. The van der Waals surface area contributed by atoms with Crippen LogP contribution in [0, 0.1) is 0 Å². The molecule has 3 heterocycles. The SMILES string of the molecule is CCN(c1cccc(-c2ccnc3c(C(=O)c4cccs4)cnn23)c1)S(=O)(=O)C(C)C. The highest BCUT2D eigenvalue weighted by atomic mass is 32.2. The monoisotopic (exact) mass is 454 g/mol. The summed E-state index contributed by atoms with van der Waals surface area (Å²) in [6, 6.07) is 12.7. The molecule has 0 aliphatic heterocycles. The van der Waals surface area contributed by atoms with Crippen molar-refractivity contribution in [1.82, 2.24) is 14.6 Å². The second kappa shape index (κ2) is 8.24. The molecule has 31 heavy (non-hydrogen) atoms. The van der Waals surface area contributed by atoms with Gasteiger partial charge in [0, 0.05) is 18.3 Å². The molecule has 0 radical (unpaired) electrons. The van der Waals surface area contributed by atoms with Crippen LogP contribution >= 0.6 is 11.3 Å². The van der Waals surface area contributed by atoms with Crippen molar-refractivity contribution in [2.45, 2.75) is 26.0 Å². The molecule has 0 fully saturated rings. The first-order valence-electron chi connectivity index (χ1n) is 9.87. The van der Waals surface area contributed by atoms with Gasteiger partial charge in [-0.2, -0.15) is 5.10 Å². The van der Waals surface area contributed by atoms with Gasteiger partial charge in [-0.3, -0.25) is 9.10 Å². The summed E-state index contributed by atoms with van der Waals surface area (Å²) in [5, 5.41) is 5.73. The molecule has 9 heteroatoms. The number of rotatable bonds is 7. The summed E-state index contributed by atoms with van der Waals surface area (Å²) in [5.74, 6) is -0.122. The predicted octanol–water partition coefficient (Wildman–Crippen LogP) is 4.25. The second-order valence-corrected chi connectivity index (χ2v) is 10.6. The molecule has 0 unspecified atom stereocenters. The molecule has 160 valence electrons. The van der Waals surface area contributed by atoms with Crippen molar-refractivity contribution in [3.05, 3.63) is 70.7 Å². The number of benzene rings is 1. The summed E-state index contributed by atoms with van der Waals surface area (Å²) in [5.41, 5.74) is 2.97. The maximum atomic E-state index is 12.8. The number of fused-ring (bicyclic) bond motifs is 1. The van der Waals surface area contributed by atoms with Gasteiger partial charge in [-0.25, -0.2) is 17.9 Å². The number of carbonyl (C=O) groups is 1. The van der Waals surface area contributed by atoms with Crippen molar-refractivity contribution in [3.8, 4) is 11.3 Å². The van der Waals surface area contributed by atoms with Gasteiger partial charge in [0.25, 0.3) is 0 Å². The molecular formula is C22H22N4O3S2. The van der Waals surface area contributed by atoms with Crippen LogP contribution in [0.3, 0.4) is 0 Å². The fraction of sp³-hybridized carbons (Fsp3) is 0.227. The molecular weight excluding hydrogens is 432 g/mol. The molecule has 0 bridgehead atoms. The first-order valence-corrected chi connectivity index (χ1v) is 12.3. The Kier molecular flexibility index (Phi) is 5.63. The Morgan fingerprint density at radius 3 is 2.68 bits per heavy atom. The lowest BCUT2D eigenvalue weighted by molar-refractivity contribution is 0.104. The summed E-state index contributed by atoms with van der Waals surface area (Å²) >= 11 is 1.37. The van der Waals surface area contributed by atoms with E-state index in [1.165, 1.54) is 21.8 Å². The zero-order chi connectivity index (χ0) is 22.2. The first-order chi connectivity index (χ1) is 14.8. The normalized spacial score (nSPS) is 11.9. The van der Waals surface area contributed by atoms with Crippen molar-refractivity contribution in [3.63, 3.8) is 0 Å². The van der Waals surface area contributed by atoms with Crippen LogP contribution in [0.5, 0.6) is 0 Å². The molecule has 0 atom stereocenters. The van der Waals surface area contributed by atoms with E-state index >= 15 is 0 Å². The number of hydrogen-bond donors (Lipinski definition) is 0. The van der Waals surface area contributed by atoms with Crippen LogP contribution in [0.15, 0.2) is 60.2 Å². The summed E-state index contributed by atoms with van der Waals surface area (Å²) in [7, 11) is -3.46. The topological polar surface area (TPSA) is 84.6 Å². The molecule has 0 N–H and O–H groups in total. The average Bonchev–Trinajstić information content (AvgIpc) is 3.44. The standard InChI is InChI=1S/C22H22N4O3S2/c1-4-25(31(28,29)15(2)3)17-8-5-7-16(13-17)19-10-11-23-22-18(14-24-26(19)22)21(27)20-9-6-12-30-20/h5-15H,4H2,1-3H3. The van der Waals surface area contributed by atoms with Gasteiger partial charge in [-0.15, -0.1) is 11.3 Å². The summed E-state index contributed by atoms with van der Waals surface area (Å²) < 4.78 is 28.6. The van der Waals surface area contributed by atoms with Gasteiger partial charge in [0.1, 0.15) is 0 Å². The summed E-state index contributed by atoms with van der Waals surface area (Å²) in [6.45, 7) is 5.48. The minimum Gasteiger partial charge on any atom is -0.287 e. The molecule has 3 aromatic heterocycles. The molecule has 0 amide bonds. The van der Waals surface area contributed by atoms with Crippen LogP contribution in [0.2, 0.25) is 0 Å². The van der Waals surface area contributed by atoms with Crippen LogP contribution in [0.25, 0.3) is 16.9 Å². The maximum Gasteiger partial charge on any atom is 0.237 e. The summed E-state index contributed by atoms with van der Waals surface area (Å²) in [6.07, 6.45) is 3.16. The van der Waals surface area contributed by atoms with Crippen LogP contribution in [0.4, 0.5) is 5.69 Å². The Morgan fingerprint density at radius 2 is 2.00 bits per heavy atom. The number of ketones is 1. The van der Waals surface area contributed by atoms with Crippen LogP contribution in [0.1, 0.15) is 36.0 Å². The lowest BCUT2D eigenvalue weighted by Gasteiger charge is -2.25. The van der Waals surface area contributed by atoms with Gasteiger partial charge in [0.05, 0.1) is 33.3 Å². The Bertz CT molecular complexity index is 1340. The van der Waals surface area contributed by atoms with Crippen molar-refractivity contribution in [2.24, 2.45) is 0 Å². The zero-order valence-corrected chi connectivity index (χ0v) is 19.0. The van der Waals surface area contributed by atoms with E-state index in [0.717, 1.165) is 11.3 Å². The van der Waals surface area contributed by atoms with Crippen molar-refractivity contribution < 1.29 is 13.2 Å². The lowest BCUT2D eigenvalue weighted by atomic mass is 10.1. The molecule has 7 nitrogen and oxygen atoms in total. The number of thiophene rings is 1. The molecule has 4 rings (SSSR count). The van der Waals surface area contributed by atoms with Gasteiger partial charge >= 0.3 is 0 Å². The van der Waals surface area contributed by atoms with E-state index in [2.05, 4.69) is 10.1 Å². The number of carbonyl (C=O) groups excluding carboxylic acids is 1. The van der Waals surface area contributed by atoms with Gasteiger partial charge < -0.3 is 0 Å². The Balaban J connectivity index is 1.80. The third kappa shape index (κ3) is 3.75. The molecule has 4 aromatic rings. The van der Waals surface area contributed by atoms with E-state index in [1.807, 2.05) is 36.6 Å². The van der Waals surface area contributed by atoms with E-state index in [-0.39, 0.29) is 5.78 Å². The van der Waals surface area contributed by atoms with Crippen molar-refractivity contribution in [2.75, 3.05) is 10.8 Å². The molecule has 0 spiro atoms. The largest absolute Gasteiger partial charge is 0.287 e. The molecule has 0 aliphatic rings. The van der Waals surface area contributed by atoms with Crippen LogP contribution < -0.4 is 4.31 Å². The van der Waals surface area contributed by atoms with Crippen LogP contribution in [-0.4, -0.2) is 40.6 Å². The molecule has 0 saturated heterocycles. The second-order valence-electron chi connectivity index (χ2n) is 7.24. The number of aromatic nitrogens is 3. The van der Waals surface area contributed by atoms with E-state index in [4.69, 9.17) is 0 Å². The van der Waals surface area contributed by atoms with E-state index in [0.29, 0.717) is 28.3 Å². The minimum atomic E-state index is -3.46. The quantitative estimate of drug-likeness (QED) is 0.390. The highest BCUT2D eigenvalue weighted by molar-refractivity contribution is 7.93. The first kappa shape index (κ1) is 21.2. The third-order valence-electron chi connectivity index (χ3n) is 5.01. The van der Waals surface area contributed by atoms with Crippen molar-refractivity contribution in [1.29, 1.82) is 0 Å². The van der Waals surface area contributed by atoms with E-state index < -0.39 is 15.3 Å². The van der Waals surface area contributed by atoms with Gasteiger partial charge in [-0.1, -0.05) is 18.2 Å². The minimum absolute atomic E-state index is 0.122. The molecule has 0 aliphatic carbocycles. The highest BCUT2D eigenvalue weighted by Gasteiger charge is 2.25. The lowest BCUT2D eigenvalue weighted by Crippen LogP contribution is -2.36. The van der Waals surface area contributed by atoms with Gasteiger partial charge in [0.2, 0.25) is 15.8 Å². The summed E-state index contributed by atoms with van der Waals surface area (Å²) in [4.78, 5) is 17.8. The predicted molar refractivity (Wildman–Crippen MR) is 123 cm³/mol. The van der Waals surface area contributed by atoms with Crippen LogP contribution in [-0.2, 0) is 10.0 Å². The van der Waals surface area contributed by atoms with Crippen molar-refractivity contribution >= 4 is 38.5 Å². The fourth-order valence-electron chi connectivity index (χ4n) is 3.40. The van der Waals surface area contributed by atoms with E-state index in [1.54, 1.807) is 42.8 Å². The number of sulfonamides is 1. The fourth-order valence-corrected chi connectivity index (χ4v) is 5.35. The number of hydrogen-bond acceptors (Lipinski definition) is 6. The van der Waals surface area contributed by atoms with Gasteiger partial charge in [0.15, 0.2) is 5.65 Å². The third-order valence-corrected chi connectivity index (χ3v) is 8.15. The zero-order valence-electron chi connectivity index (χ0n) is 17.4. The Hall–Kier alpha value is -3.04. The Morgan fingerprint density at radius 1 is 1.19 bits per heavy atom. The smallest absolute Gasteiger partial charge is 0.237 e. The molecule has 1 aromatic carbocycles. The van der Waals surface area contributed by atoms with Gasteiger partial charge in [-0.05, 0) is 50.4 Å². The maximum absolute atomic E-state index is 12.8. The highest BCUT2D eigenvalue weighted by Crippen LogP contribution is 2.28. The van der Waals surface area contributed by atoms with E-state index in [9.17, 15) is 13.2 Å². The number of anilines is 1.